The normalized spacial score (nSPS) is 17.9. The molecule has 2 aliphatic heterocycles. The number of ether oxygens (including phenoxy) is 1. The molecule has 1 fully saturated rings. The van der Waals surface area contributed by atoms with E-state index in [0.29, 0.717) is 24.2 Å². The fraction of sp³-hybridized carbons (Fsp3) is 0.306. The lowest BCUT2D eigenvalue weighted by atomic mass is 9.97. The lowest BCUT2D eigenvalue weighted by Crippen LogP contribution is -2.36. The molecule has 2 atom stereocenters. The van der Waals surface area contributed by atoms with Gasteiger partial charge in [-0.15, -0.1) is 0 Å². The summed E-state index contributed by atoms with van der Waals surface area (Å²) in [5.74, 6) is 0.550. The van der Waals surface area contributed by atoms with Gasteiger partial charge in [-0.1, -0.05) is 61.0 Å². The highest BCUT2D eigenvalue weighted by Crippen LogP contribution is 2.34. The Labute approximate surface area is 263 Å². The van der Waals surface area contributed by atoms with E-state index in [2.05, 4.69) is 33.1 Å². The molecule has 1 aromatic heterocycles. The van der Waals surface area contributed by atoms with Gasteiger partial charge in [0, 0.05) is 30.3 Å². The third kappa shape index (κ3) is 6.61. The SMILES string of the molecule is O=C(CC(NS(=O)(=O)c1ccc2ccccc2c1)c1ccc2ccoc2c1)NC1CCOc2cc(CN3CCCCC3)ccc21. The summed E-state index contributed by atoms with van der Waals surface area (Å²) in [7, 11) is -3.97. The number of furan rings is 1. The molecule has 1 saturated heterocycles. The van der Waals surface area contributed by atoms with Gasteiger partial charge >= 0.3 is 0 Å². The Hall–Kier alpha value is -4.18. The van der Waals surface area contributed by atoms with E-state index in [1.54, 1.807) is 30.5 Å². The van der Waals surface area contributed by atoms with Crippen molar-refractivity contribution >= 4 is 37.7 Å². The maximum Gasteiger partial charge on any atom is 0.241 e. The van der Waals surface area contributed by atoms with Crippen molar-refractivity contribution in [1.82, 2.24) is 14.9 Å². The van der Waals surface area contributed by atoms with Crippen LogP contribution in [-0.2, 0) is 21.4 Å². The molecule has 2 aliphatic rings. The monoisotopic (exact) mass is 623 g/mol. The van der Waals surface area contributed by atoms with Crippen molar-refractivity contribution in [3.8, 4) is 5.75 Å². The number of piperidine rings is 1. The van der Waals surface area contributed by atoms with E-state index >= 15 is 0 Å². The minimum absolute atomic E-state index is 0.0846. The predicted molar refractivity (Wildman–Crippen MR) is 174 cm³/mol. The molecule has 1 amide bonds. The molecule has 3 heterocycles. The van der Waals surface area contributed by atoms with E-state index in [9.17, 15) is 13.2 Å². The number of hydrogen-bond acceptors (Lipinski definition) is 6. The summed E-state index contributed by atoms with van der Waals surface area (Å²) >= 11 is 0. The average molecular weight is 624 g/mol. The fourth-order valence-electron chi connectivity index (χ4n) is 6.50. The molecule has 2 unspecified atom stereocenters. The van der Waals surface area contributed by atoms with Crippen LogP contribution in [0.15, 0.2) is 101 Å². The first-order valence-corrected chi connectivity index (χ1v) is 17.2. The van der Waals surface area contributed by atoms with Crippen molar-refractivity contribution in [2.75, 3.05) is 19.7 Å². The minimum Gasteiger partial charge on any atom is -0.493 e. The minimum atomic E-state index is -3.97. The van der Waals surface area contributed by atoms with Crippen LogP contribution in [0.1, 0.15) is 60.9 Å². The van der Waals surface area contributed by atoms with Gasteiger partial charge in [-0.25, -0.2) is 13.1 Å². The second-order valence-electron chi connectivity index (χ2n) is 12.1. The molecular formula is C36H37N3O5S. The molecule has 9 heteroatoms. The van der Waals surface area contributed by atoms with Gasteiger partial charge in [0.2, 0.25) is 15.9 Å². The summed E-state index contributed by atoms with van der Waals surface area (Å²) in [5, 5.41) is 5.84. The van der Waals surface area contributed by atoms with Crippen LogP contribution in [-0.4, -0.2) is 38.9 Å². The summed E-state index contributed by atoms with van der Waals surface area (Å²) in [6, 6.07) is 25.3. The van der Waals surface area contributed by atoms with Gasteiger partial charge in [0.15, 0.2) is 0 Å². The highest BCUT2D eigenvalue weighted by molar-refractivity contribution is 7.89. The van der Waals surface area contributed by atoms with Gasteiger partial charge in [0.1, 0.15) is 11.3 Å². The zero-order valence-electron chi connectivity index (χ0n) is 25.1. The van der Waals surface area contributed by atoms with Crippen LogP contribution in [0.5, 0.6) is 5.75 Å². The number of benzene rings is 4. The Morgan fingerprint density at radius 1 is 0.889 bits per heavy atom. The highest BCUT2D eigenvalue weighted by Gasteiger charge is 2.28. The number of carbonyl (C=O) groups is 1. The summed E-state index contributed by atoms with van der Waals surface area (Å²) < 4.78 is 41.8. The predicted octanol–water partition coefficient (Wildman–Crippen LogP) is 6.62. The topological polar surface area (TPSA) is 101 Å². The van der Waals surface area contributed by atoms with E-state index in [-0.39, 0.29) is 23.3 Å². The van der Waals surface area contributed by atoms with Crippen LogP contribution in [0, 0.1) is 0 Å². The van der Waals surface area contributed by atoms with E-state index in [1.165, 1.54) is 24.8 Å². The third-order valence-corrected chi connectivity index (χ3v) is 10.4. The van der Waals surface area contributed by atoms with Crippen molar-refractivity contribution in [3.05, 3.63) is 108 Å². The van der Waals surface area contributed by atoms with Gasteiger partial charge in [0.05, 0.1) is 29.8 Å². The molecule has 4 aromatic carbocycles. The van der Waals surface area contributed by atoms with Crippen LogP contribution < -0.4 is 14.8 Å². The molecule has 2 N–H and O–H groups in total. The van der Waals surface area contributed by atoms with Crippen molar-refractivity contribution < 1.29 is 22.4 Å². The van der Waals surface area contributed by atoms with Crippen LogP contribution >= 0.6 is 0 Å². The summed E-state index contributed by atoms with van der Waals surface area (Å²) in [4.78, 5) is 16.2. The van der Waals surface area contributed by atoms with Gasteiger partial charge in [-0.2, -0.15) is 0 Å². The molecular weight excluding hydrogens is 586 g/mol. The average Bonchev–Trinajstić information content (AvgIpc) is 3.53. The maximum absolute atomic E-state index is 13.7. The lowest BCUT2D eigenvalue weighted by Gasteiger charge is -2.29. The Bertz CT molecular complexity index is 1950. The maximum atomic E-state index is 13.7. The number of nitrogens with zero attached hydrogens (tertiary/aromatic N) is 1. The quantitative estimate of drug-likeness (QED) is 0.191. The Morgan fingerprint density at radius 3 is 2.58 bits per heavy atom. The fourth-order valence-corrected chi connectivity index (χ4v) is 7.76. The second-order valence-corrected chi connectivity index (χ2v) is 13.8. The Balaban J connectivity index is 1.11. The second kappa shape index (κ2) is 12.7. The van der Waals surface area contributed by atoms with E-state index in [1.807, 2.05) is 42.5 Å². The molecule has 232 valence electrons. The molecule has 0 bridgehead atoms. The first-order chi connectivity index (χ1) is 21.9. The molecule has 0 aliphatic carbocycles. The summed E-state index contributed by atoms with van der Waals surface area (Å²) in [6.45, 7) is 3.63. The number of likely N-dealkylation sites (tertiary alicyclic amines) is 1. The Kier molecular flexibility index (Phi) is 8.31. The van der Waals surface area contributed by atoms with Crippen LogP contribution in [0.4, 0.5) is 0 Å². The first kappa shape index (κ1) is 29.5. The molecule has 0 saturated carbocycles. The standard InChI is InChI=1S/C36H37N3O5S/c40-36(37-32-15-19-44-35-20-25(8-13-31(32)35)24-39-16-4-1-5-17-39)23-33(29-10-9-27-14-18-43-34(27)22-29)38-45(41,42)30-12-11-26-6-2-3-7-28(26)21-30/h2-3,6-14,18,20-22,32-33,38H,1,4-5,15-17,19,23-24H2,(H,37,40). The first-order valence-electron chi connectivity index (χ1n) is 15.7. The molecule has 0 radical (unpaired) electrons. The number of rotatable bonds is 9. The number of nitrogens with one attached hydrogen (secondary N) is 2. The summed E-state index contributed by atoms with van der Waals surface area (Å²) in [6.07, 6.45) is 5.92. The molecule has 5 aromatic rings. The zero-order chi connectivity index (χ0) is 30.8. The number of hydrogen-bond donors (Lipinski definition) is 2. The van der Waals surface area contributed by atoms with Crippen LogP contribution in [0.2, 0.25) is 0 Å². The molecule has 8 nitrogen and oxygen atoms in total. The van der Waals surface area contributed by atoms with Crippen molar-refractivity contribution in [1.29, 1.82) is 0 Å². The smallest absolute Gasteiger partial charge is 0.241 e. The number of fused-ring (bicyclic) bond motifs is 3. The highest BCUT2D eigenvalue weighted by atomic mass is 32.2. The van der Waals surface area contributed by atoms with Gasteiger partial charge in [-0.05, 0) is 78.2 Å². The van der Waals surface area contributed by atoms with E-state index < -0.39 is 16.1 Å². The van der Waals surface area contributed by atoms with Gasteiger partial charge in [0.25, 0.3) is 0 Å². The van der Waals surface area contributed by atoms with E-state index in [4.69, 9.17) is 9.15 Å². The Morgan fingerprint density at radius 2 is 1.71 bits per heavy atom. The summed E-state index contributed by atoms with van der Waals surface area (Å²) in [5.41, 5.74) is 3.43. The van der Waals surface area contributed by atoms with Crippen molar-refractivity contribution in [2.24, 2.45) is 0 Å². The van der Waals surface area contributed by atoms with Crippen molar-refractivity contribution in [2.45, 2.75) is 55.6 Å². The van der Waals surface area contributed by atoms with Crippen LogP contribution in [0.25, 0.3) is 21.7 Å². The van der Waals surface area contributed by atoms with Crippen LogP contribution in [0.3, 0.4) is 0 Å². The third-order valence-electron chi connectivity index (χ3n) is 8.91. The number of sulfonamides is 1. The molecule has 0 spiro atoms. The number of amides is 1. The molecule has 45 heavy (non-hydrogen) atoms. The number of carbonyl (C=O) groups excluding carboxylic acids is 1. The van der Waals surface area contributed by atoms with Gasteiger partial charge in [-0.3, -0.25) is 9.69 Å². The lowest BCUT2D eigenvalue weighted by molar-refractivity contribution is -0.122. The van der Waals surface area contributed by atoms with E-state index in [0.717, 1.165) is 47.1 Å². The molecule has 7 rings (SSSR count). The van der Waals surface area contributed by atoms with Crippen molar-refractivity contribution in [3.63, 3.8) is 0 Å². The van der Waals surface area contributed by atoms with Gasteiger partial charge < -0.3 is 14.5 Å². The largest absolute Gasteiger partial charge is 0.493 e. The zero-order valence-corrected chi connectivity index (χ0v) is 25.9.